The Hall–Kier alpha value is -2.35. The third kappa shape index (κ3) is 2.90. The fourth-order valence-electron chi connectivity index (χ4n) is 4.79. The third-order valence-corrected chi connectivity index (χ3v) is 6.46. The van der Waals surface area contributed by atoms with E-state index in [1.165, 1.54) is 15.9 Å². The molecule has 0 unspecified atom stereocenters. The van der Waals surface area contributed by atoms with Crippen LogP contribution in [0, 0.1) is 5.82 Å². The van der Waals surface area contributed by atoms with E-state index in [0.717, 1.165) is 25.9 Å². The number of halogens is 1. The average molecular weight is 391 g/mol. The van der Waals surface area contributed by atoms with Gasteiger partial charge in [-0.05, 0) is 44.9 Å². The summed E-state index contributed by atoms with van der Waals surface area (Å²) in [7, 11) is 3.73. The minimum absolute atomic E-state index is 0.0414. The molecule has 1 aromatic carbocycles. The highest BCUT2D eigenvalue weighted by Crippen LogP contribution is 2.52. The van der Waals surface area contributed by atoms with Crippen molar-refractivity contribution in [2.75, 3.05) is 45.2 Å². The van der Waals surface area contributed by atoms with Gasteiger partial charge in [-0.15, -0.1) is 0 Å². The number of carbonyl (C=O) groups is 2. The predicted octanol–water partition coefficient (Wildman–Crippen LogP) is 2.29. The van der Waals surface area contributed by atoms with Crippen LogP contribution < -0.4 is 9.64 Å². The highest BCUT2D eigenvalue weighted by atomic mass is 19.1. The largest absolute Gasteiger partial charge is 0.488 e. The summed E-state index contributed by atoms with van der Waals surface area (Å²) in [6.07, 6.45) is 1.37. The van der Waals surface area contributed by atoms with E-state index in [0.29, 0.717) is 17.0 Å². The Balaban J connectivity index is 1.67. The monoisotopic (exact) mass is 391 g/mol. The number of likely N-dealkylation sites (N-methyl/N-ethyl adjacent to an activating group) is 1. The number of nitrogens with zero attached hydrogens (tertiary/aromatic N) is 3. The van der Waals surface area contributed by atoms with Crippen LogP contribution in [-0.4, -0.2) is 73.3 Å². The Morgan fingerprint density at radius 2 is 1.82 bits per heavy atom. The molecule has 2 saturated heterocycles. The summed E-state index contributed by atoms with van der Waals surface area (Å²) in [6, 6.07) is 2.99. The molecule has 0 atom stereocenters. The molecule has 152 valence electrons. The van der Waals surface area contributed by atoms with Crippen molar-refractivity contribution in [3.8, 4) is 5.75 Å². The Morgan fingerprint density at radius 1 is 1.18 bits per heavy atom. The normalized spacial score (nSPS) is 22.6. The maximum absolute atomic E-state index is 15.0. The molecule has 28 heavy (non-hydrogen) atoms. The van der Waals surface area contributed by atoms with Crippen LogP contribution in [0.2, 0.25) is 0 Å². The lowest BCUT2D eigenvalue weighted by molar-refractivity contribution is -0.124. The molecule has 0 saturated carbocycles. The second-order valence-electron chi connectivity index (χ2n) is 8.11. The summed E-state index contributed by atoms with van der Waals surface area (Å²) in [4.78, 5) is 29.5. The van der Waals surface area contributed by atoms with E-state index in [9.17, 15) is 19.1 Å². The first-order chi connectivity index (χ1) is 13.3. The highest BCUT2D eigenvalue weighted by Gasteiger charge is 2.54. The molecular weight excluding hydrogens is 365 g/mol. The van der Waals surface area contributed by atoms with Crippen molar-refractivity contribution in [3.63, 3.8) is 0 Å². The quantitative estimate of drug-likeness (QED) is 0.837. The number of hydrogen-bond donors (Lipinski definition) is 1. The summed E-state index contributed by atoms with van der Waals surface area (Å²) < 4.78 is 21.2. The molecule has 8 heteroatoms. The third-order valence-electron chi connectivity index (χ3n) is 6.46. The minimum Gasteiger partial charge on any atom is -0.488 e. The number of carboxylic acid groups (broad SMARTS) is 1. The van der Waals surface area contributed by atoms with E-state index in [1.54, 1.807) is 13.1 Å². The van der Waals surface area contributed by atoms with Gasteiger partial charge in [0.25, 0.3) is 0 Å². The first-order valence-corrected chi connectivity index (χ1v) is 9.78. The van der Waals surface area contributed by atoms with E-state index in [2.05, 4.69) is 11.9 Å². The molecule has 1 N–H and O–H groups in total. The van der Waals surface area contributed by atoms with Crippen LogP contribution in [-0.2, 0) is 10.2 Å². The lowest BCUT2D eigenvalue weighted by atomic mass is 9.73. The Morgan fingerprint density at radius 3 is 2.43 bits per heavy atom. The van der Waals surface area contributed by atoms with Crippen molar-refractivity contribution in [2.24, 2.45) is 0 Å². The number of hydrogen-bond acceptors (Lipinski definition) is 4. The first-order valence-electron chi connectivity index (χ1n) is 9.78. The number of likely N-dealkylation sites (tertiary alicyclic amines) is 2. The number of fused-ring (bicyclic) bond motifs is 2. The van der Waals surface area contributed by atoms with Crippen molar-refractivity contribution >= 4 is 17.7 Å². The van der Waals surface area contributed by atoms with Crippen molar-refractivity contribution in [3.05, 3.63) is 23.5 Å². The van der Waals surface area contributed by atoms with E-state index in [4.69, 9.17) is 4.74 Å². The van der Waals surface area contributed by atoms with Gasteiger partial charge in [0, 0.05) is 38.8 Å². The molecule has 4 rings (SSSR count). The van der Waals surface area contributed by atoms with Gasteiger partial charge in [-0.2, -0.15) is 0 Å². The van der Waals surface area contributed by atoms with Gasteiger partial charge in [0.1, 0.15) is 17.7 Å². The molecule has 2 amide bonds. The lowest BCUT2D eigenvalue weighted by Gasteiger charge is -2.37. The van der Waals surface area contributed by atoms with Crippen LogP contribution in [0.3, 0.4) is 0 Å². The fraction of sp³-hybridized carbons (Fsp3) is 0.600. The van der Waals surface area contributed by atoms with Gasteiger partial charge in [0.05, 0.1) is 11.1 Å². The molecule has 7 nitrogen and oxygen atoms in total. The molecule has 3 aliphatic heterocycles. The first kappa shape index (κ1) is 19.0. The highest BCUT2D eigenvalue weighted by molar-refractivity contribution is 6.09. The molecule has 1 aromatic rings. The number of carbonyl (C=O) groups excluding carboxylic acids is 1. The SMILES string of the molecule is CN1CCC(Oc2ccc(F)c3c2N(C)C(=O)C32CCN(C(=O)O)CC2)CC1. The number of rotatable bonds is 2. The predicted molar refractivity (Wildman–Crippen MR) is 101 cm³/mol. The fourth-order valence-corrected chi connectivity index (χ4v) is 4.79. The summed E-state index contributed by atoms with van der Waals surface area (Å²) in [5.41, 5.74) is -0.130. The number of amides is 2. The standard InChI is InChI=1S/C20H26FN3O4/c1-22-9-5-13(6-10-22)28-15-4-3-14(21)16-17(15)23(2)18(25)20(16)7-11-24(12-8-20)19(26)27/h3-4,13H,5-12H2,1-2H3,(H,26,27). The van der Waals surface area contributed by atoms with Gasteiger partial charge >= 0.3 is 6.09 Å². The summed E-state index contributed by atoms with van der Waals surface area (Å²) >= 11 is 0. The zero-order valence-electron chi connectivity index (χ0n) is 16.3. The van der Waals surface area contributed by atoms with Gasteiger partial charge in [-0.3, -0.25) is 4.79 Å². The number of ether oxygens (including phenoxy) is 1. The topological polar surface area (TPSA) is 73.3 Å². The van der Waals surface area contributed by atoms with Crippen molar-refractivity contribution < 1.29 is 23.8 Å². The summed E-state index contributed by atoms with van der Waals surface area (Å²) in [5.74, 6) is -0.0580. The van der Waals surface area contributed by atoms with Crippen LogP contribution in [0.4, 0.5) is 14.9 Å². The van der Waals surface area contributed by atoms with Crippen LogP contribution in [0.25, 0.3) is 0 Å². The molecule has 0 aromatic heterocycles. The molecule has 3 aliphatic rings. The zero-order chi connectivity index (χ0) is 20.1. The van der Waals surface area contributed by atoms with Crippen LogP contribution in [0.1, 0.15) is 31.2 Å². The second-order valence-corrected chi connectivity index (χ2v) is 8.11. The van der Waals surface area contributed by atoms with Gasteiger partial charge in [-0.25, -0.2) is 9.18 Å². The van der Waals surface area contributed by atoms with Crippen LogP contribution in [0.15, 0.2) is 12.1 Å². The van der Waals surface area contributed by atoms with Gasteiger partial charge in [-0.1, -0.05) is 0 Å². The van der Waals surface area contributed by atoms with E-state index >= 15 is 0 Å². The lowest BCUT2D eigenvalue weighted by Crippen LogP contribution is -2.49. The summed E-state index contributed by atoms with van der Waals surface area (Å²) in [6.45, 7) is 2.32. The Labute approximate surface area is 163 Å². The average Bonchev–Trinajstić information content (AvgIpc) is 2.89. The Kier molecular flexibility index (Phi) is 4.69. The number of anilines is 1. The number of benzene rings is 1. The van der Waals surface area contributed by atoms with Gasteiger partial charge < -0.3 is 24.5 Å². The molecular formula is C20H26FN3O4. The Bertz CT molecular complexity index is 799. The maximum Gasteiger partial charge on any atom is 0.407 e. The van der Waals surface area contributed by atoms with E-state index in [-0.39, 0.29) is 37.9 Å². The molecule has 2 fully saturated rings. The second kappa shape index (κ2) is 6.92. The summed E-state index contributed by atoms with van der Waals surface area (Å²) in [5, 5.41) is 9.22. The van der Waals surface area contributed by atoms with Gasteiger partial charge in [0.2, 0.25) is 5.91 Å². The molecule has 1 spiro atoms. The molecule has 0 bridgehead atoms. The number of piperidine rings is 2. The molecule has 0 radical (unpaired) electrons. The van der Waals surface area contributed by atoms with Gasteiger partial charge in [0.15, 0.2) is 0 Å². The minimum atomic E-state index is -1.01. The maximum atomic E-state index is 15.0. The van der Waals surface area contributed by atoms with E-state index < -0.39 is 17.3 Å². The van der Waals surface area contributed by atoms with Crippen LogP contribution in [0.5, 0.6) is 5.75 Å². The van der Waals surface area contributed by atoms with Crippen LogP contribution >= 0.6 is 0 Å². The van der Waals surface area contributed by atoms with Crippen molar-refractivity contribution in [1.29, 1.82) is 0 Å². The zero-order valence-corrected chi connectivity index (χ0v) is 16.3. The smallest absolute Gasteiger partial charge is 0.407 e. The molecule has 3 heterocycles. The van der Waals surface area contributed by atoms with E-state index in [1.807, 2.05) is 0 Å². The van der Waals surface area contributed by atoms with Crippen molar-refractivity contribution in [1.82, 2.24) is 9.80 Å². The van der Waals surface area contributed by atoms with Crippen molar-refractivity contribution in [2.45, 2.75) is 37.2 Å². The molecule has 0 aliphatic carbocycles.